The predicted molar refractivity (Wildman–Crippen MR) is 96.2 cm³/mol. The Morgan fingerprint density at radius 2 is 2.12 bits per heavy atom. The number of carbonyl (C=O) groups is 1. The maximum Gasteiger partial charge on any atom is 0.359 e. The number of fused-ring (bicyclic) bond motifs is 1. The second-order valence-corrected chi connectivity index (χ2v) is 6.98. The number of hydrogen-bond acceptors (Lipinski definition) is 5. The van der Waals surface area contributed by atoms with Gasteiger partial charge in [0.25, 0.3) is 0 Å². The van der Waals surface area contributed by atoms with Gasteiger partial charge in [0, 0.05) is 16.6 Å². The number of nitrogens with zero attached hydrogens (tertiary/aromatic N) is 3. The van der Waals surface area contributed by atoms with Crippen molar-refractivity contribution in [2.45, 2.75) is 39.2 Å². The fourth-order valence-corrected chi connectivity index (χ4v) is 3.90. The molecule has 4 rings (SSSR count). The van der Waals surface area contributed by atoms with E-state index in [0.29, 0.717) is 5.69 Å². The number of aromatic nitrogens is 3. The van der Waals surface area contributed by atoms with Gasteiger partial charge in [0.05, 0.1) is 16.4 Å². The van der Waals surface area contributed by atoms with Crippen LogP contribution in [0, 0.1) is 0 Å². The van der Waals surface area contributed by atoms with Gasteiger partial charge in [-0.15, -0.1) is 11.3 Å². The molecule has 0 radical (unpaired) electrons. The van der Waals surface area contributed by atoms with Crippen molar-refractivity contribution in [3.05, 3.63) is 63.4 Å². The zero-order valence-corrected chi connectivity index (χ0v) is 14.9. The number of carbonyl (C=O) groups excluding carboxylic acids is 1. The van der Waals surface area contributed by atoms with Crippen LogP contribution in [0.25, 0.3) is 5.69 Å². The van der Waals surface area contributed by atoms with Crippen molar-refractivity contribution in [1.29, 1.82) is 0 Å². The first-order valence-corrected chi connectivity index (χ1v) is 9.41. The summed E-state index contributed by atoms with van der Waals surface area (Å²) in [5.74, 6) is -0.362. The molecule has 3 aromatic rings. The van der Waals surface area contributed by atoms with E-state index in [2.05, 4.69) is 17.0 Å². The van der Waals surface area contributed by atoms with Gasteiger partial charge in [-0.2, -0.15) is 5.10 Å². The molecule has 0 N–H and O–H groups in total. The smallest absolute Gasteiger partial charge is 0.359 e. The minimum absolute atomic E-state index is 0.197. The Hall–Kier alpha value is -2.47. The first-order valence-electron chi connectivity index (χ1n) is 8.53. The number of aryl methyl sites for hydroxylation is 1. The molecular formula is C19H19N3O2S. The summed E-state index contributed by atoms with van der Waals surface area (Å²) in [6, 6.07) is 9.93. The van der Waals surface area contributed by atoms with Crippen molar-refractivity contribution in [3.63, 3.8) is 0 Å². The van der Waals surface area contributed by atoms with E-state index in [-0.39, 0.29) is 12.6 Å². The zero-order valence-electron chi connectivity index (χ0n) is 14.1. The quantitative estimate of drug-likeness (QED) is 0.656. The Labute approximate surface area is 150 Å². The number of para-hydroxylation sites is 1. The molecule has 0 unspecified atom stereocenters. The van der Waals surface area contributed by atoms with Gasteiger partial charge in [0.2, 0.25) is 0 Å². The number of benzene rings is 1. The van der Waals surface area contributed by atoms with Crippen LogP contribution in [0.4, 0.5) is 0 Å². The van der Waals surface area contributed by atoms with Gasteiger partial charge in [-0.3, -0.25) is 0 Å². The molecule has 0 amide bonds. The van der Waals surface area contributed by atoms with Gasteiger partial charge in [-0.1, -0.05) is 25.1 Å². The highest BCUT2D eigenvalue weighted by Gasteiger charge is 2.27. The van der Waals surface area contributed by atoms with Gasteiger partial charge in [-0.25, -0.2) is 14.5 Å². The average molecular weight is 353 g/mol. The highest BCUT2D eigenvalue weighted by Crippen LogP contribution is 2.28. The first kappa shape index (κ1) is 16.0. The van der Waals surface area contributed by atoms with Crippen LogP contribution in [-0.2, 0) is 30.6 Å². The summed E-state index contributed by atoms with van der Waals surface area (Å²) in [4.78, 5) is 17.0. The van der Waals surface area contributed by atoms with Crippen LogP contribution >= 0.6 is 11.3 Å². The number of esters is 1. The van der Waals surface area contributed by atoms with Gasteiger partial charge in [-0.05, 0) is 37.8 Å². The van der Waals surface area contributed by atoms with Gasteiger partial charge in [0.15, 0.2) is 5.69 Å². The summed E-state index contributed by atoms with van der Waals surface area (Å²) < 4.78 is 7.36. The first-order chi connectivity index (χ1) is 12.3. The third kappa shape index (κ3) is 3.09. The van der Waals surface area contributed by atoms with Crippen LogP contribution in [0.2, 0.25) is 0 Å². The molecule has 0 saturated heterocycles. The van der Waals surface area contributed by atoms with Crippen molar-refractivity contribution >= 4 is 17.3 Å². The maximum absolute atomic E-state index is 12.6. The standard InChI is InChI=1S/C19H19N3O2S/c1-2-17-20-13(12-25-17)11-24-19(23)18-15-9-6-10-16(15)22(21-18)14-7-4-3-5-8-14/h3-5,7-8,12H,2,6,9-11H2,1H3. The summed E-state index contributed by atoms with van der Waals surface area (Å²) >= 11 is 1.60. The zero-order chi connectivity index (χ0) is 17.2. The maximum atomic E-state index is 12.6. The van der Waals surface area contributed by atoms with E-state index >= 15 is 0 Å². The van der Waals surface area contributed by atoms with Crippen LogP contribution in [-0.4, -0.2) is 20.7 Å². The minimum Gasteiger partial charge on any atom is -0.454 e. The number of hydrogen-bond donors (Lipinski definition) is 0. The van der Waals surface area contributed by atoms with E-state index in [1.54, 1.807) is 11.3 Å². The highest BCUT2D eigenvalue weighted by atomic mass is 32.1. The Bertz CT molecular complexity index is 899. The Morgan fingerprint density at radius 3 is 2.88 bits per heavy atom. The number of thiazole rings is 1. The van der Waals surface area contributed by atoms with E-state index < -0.39 is 0 Å². The second kappa shape index (κ2) is 6.80. The summed E-state index contributed by atoms with van der Waals surface area (Å²) in [5, 5.41) is 7.56. The SMILES string of the molecule is CCc1nc(COC(=O)c2nn(-c3ccccc3)c3c2CCC3)cs1. The Kier molecular flexibility index (Phi) is 4.36. The van der Waals surface area contributed by atoms with Crippen LogP contribution in [0.3, 0.4) is 0 Å². The summed E-state index contributed by atoms with van der Waals surface area (Å²) in [5.41, 5.74) is 4.38. The van der Waals surface area contributed by atoms with Gasteiger partial charge >= 0.3 is 5.97 Å². The molecule has 1 aromatic carbocycles. The lowest BCUT2D eigenvalue weighted by atomic mass is 10.2. The molecule has 0 spiro atoms. The van der Waals surface area contributed by atoms with Crippen LogP contribution < -0.4 is 0 Å². The molecule has 0 fully saturated rings. The van der Waals surface area contributed by atoms with Gasteiger partial charge < -0.3 is 4.74 Å². The second-order valence-electron chi connectivity index (χ2n) is 6.04. The normalized spacial score (nSPS) is 13.0. The Balaban J connectivity index is 1.57. The monoisotopic (exact) mass is 353 g/mol. The molecule has 2 heterocycles. The topological polar surface area (TPSA) is 57.0 Å². The van der Waals surface area contributed by atoms with E-state index in [4.69, 9.17) is 4.74 Å². The molecule has 0 aliphatic heterocycles. The number of ether oxygens (including phenoxy) is 1. The van der Waals surface area contributed by atoms with E-state index in [1.807, 2.05) is 40.4 Å². The van der Waals surface area contributed by atoms with E-state index in [1.165, 1.54) is 0 Å². The molecule has 1 aliphatic carbocycles. The minimum atomic E-state index is -0.362. The molecule has 0 atom stereocenters. The molecule has 2 aromatic heterocycles. The molecule has 0 bridgehead atoms. The molecule has 1 aliphatic rings. The van der Waals surface area contributed by atoms with Crippen molar-refractivity contribution in [2.24, 2.45) is 0 Å². The van der Waals surface area contributed by atoms with Gasteiger partial charge in [0.1, 0.15) is 6.61 Å². The van der Waals surface area contributed by atoms with Crippen LogP contribution in [0.5, 0.6) is 0 Å². The van der Waals surface area contributed by atoms with E-state index in [9.17, 15) is 4.79 Å². The summed E-state index contributed by atoms with van der Waals surface area (Å²) in [6.07, 6.45) is 3.76. The van der Waals surface area contributed by atoms with Crippen molar-refractivity contribution in [2.75, 3.05) is 0 Å². The van der Waals surface area contributed by atoms with Crippen molar-refractivity contribution in [1.82, 2.24) is 14.8 Å². The van der Waals surface area contributed by atoms with E-state index in [0.717, 1.165) is 53.3 Å². The third-order valence-electron chi connectivity index (χ3n) is 4.38. The summed E-state index contributed by atoms with van der Waals surface area (Å²) in [7, 11) is 0. The third-order valence-corrected chi connectivity index (χ3v) is 5.42. The average Bonchev–Trinajstić information content (AvgIpc) is 3.36. The van der Waals surface area contributed by atoms with Crippen LogP contribution in [0.1, 0.15) is 45.8 Å². The summed E-state index contributed by atoms with van der Waals surface area (Å²) in [6.45, 7) is 2.26. The Morgan fingerprint density at radius 1 is 1.28 bits per heavy atom. The predicted octanol–water partition coefficient (Wildman–Crippen LogP) is 3.74. The fourth-order valence-electron chi connectivity index (χ4n) is 3.17. The van der Waals surface area contributed by atoms with Crippen molar-refractivity contribution < 1.29 is 9.53 Å². The molecule has 5 nitrogen and oxygen atoms in total. The highest BCUT2D eigenvalue weighted by molar-refractivity contribution is 7.09. The lowest BCUT2D eigenvalue weighted by Crippen LogP contribution is -2.09. The number of rotatable bonds is 5. The lowest BCUT2D eigenvalue weighted by molar-refractivity contribution is 0.0459. The molecular weight excluding hydrogens is 334 g/mol. The molecule has 6 heteroatoms. The van der Waals surface area contributed by atoms with Crippen LogP contribution in [0.15, 0.2) is 35.7 Å². The molecule has 128 valence electrons. The molecule has 25 heavy (non-hydrogen) atoms. The van der Waals surface area contributed by atoms with Crippen molar-refractivity contribution in [3.8, 4) is 5.69 Å². The lowest BCUT2D eigenvalue weighted by Gasteiger charge is -2.04. The largest absolute Gasteiger partial charge is 0.454 e. The molecule has 0 saturated carbocycles. The fraction of sp³-hybridized carbons (Fsp3) is 0.316.